The van der Waals surface area contributed by atoms with E-state index in [4.69, 9.17) is 4.74 Å². The quantitative estimate of drug-likeness (QED) is 0.684. The lowest BCUT2D eigenvalue weighted by Gasteiger charge is -2.47. The Bertz CT molecular complexity index is 672. The number of ether oxygens (including phenoxy) is 1. The van der Waals surface area contributed by atoms with Gasteiger partial charge in [0.05, 0.1) is 11.8 Å². The summed E-state index contributed by atoms with van der Waals surface area (Å²) in [5.74, 6) is 0.703. The maximum Gasteiger partial charge on any atom is 0.257 e. The Labute approximate surface area is 161 Å². The number of amides is 2. The standard InChI is InChI=1S/C20H32N4O3/c1-4-9-24-15(2)17(13-21-24)20(26)22-11-8-18-16(14-22)6-7-19(25)23(18)10-5-12-27-3/h13,16,18H,4-12,14H2,1-3H3/t16-,18+/m0/s1. The minimum atomic E-state index is 0.0798. The SMILES string of the molecule is CCCn1ncc(C(=O)N2CC[C@@H]3[C@@H](CCC(=O)N3CCCOC)C2)c1C. The first kappa shape index (κ1) is 19.9. The van der Waals surface area contributed by atoms with Crippen LogP contribution in [0.15, 0.2) is 6.20 Å². The molecule has 2 fully saturated rings. The summed E-state index contributed by atoms with van der Waals surface area (Å²) in [6, 6.07) is 0.260. The fraction of sp³-hybridized carbons (Fsp3) is 0.750. The van der Waals surface area contributed by atoms with Crippen LogP contribution >= 0.6 is 0 Å². The second kappa shape index (κ2) is 8.87. The zero-order chi connectivity index (χ0) is 19.4. The predicted molar refractivity (Wildman–Crippen MR) is 102 cm³/mol. The molecule has 150 valence electrons. The Hall–Kier alpha value is -1.89. The second-order valence-electron chi connectivity index (χ2n) is 7.71. The van der Waals surface area contributed by atoms with E-state index in [0.717, 1.165) is 51.0 Å². The van der Waals surface area contributed by atoms with Crippen molar-refractivity contribution in [2.24, 2.45) is 5.92 Å². The molecule has 0 aromatic carbocycles. The van der Waals surface area contributed by atoms with Crippen LogP contribution in [0.2, 0.25) is 0 Å². The Balaban J connectivity index is 1.65. The molecular formula is C20H32N4O3. The van der Waals surface area contributed by atoms with E-state index in [1.807, 2.05) is 21.4 Å². The molecule has 0 saturated carbocycles. The Kier molecular flexibility index (Phi) is 6.52. The third kappa shape index (κ3) is 4.18. The lowest BCUT2D eigenvalue weighted by Crippen LogP contribution is -2.57. The number of rotatable bonds is 7. The monoisotopic (exact) mass is 376 g/mol. The van der Waals surface area contributed by atoms with Gasteiger partial charge in [-0.2, -0.15) is 5.10 Å². The van der Waals surface area contributed by atoms with Gasteiger partial charge in [-0.25, -0.2) is 0 Å². The van der Waals surface area contributed by atoms with Gasteiger partial charge in [0.1, 0.15) is 0 Å². The van der Waals surface area contributed by atoms with Crippen molar-refractivity contribution in [3.63, 3.8) is 0 Å². The summed E-state index contributed by atoms with van der Waals surface area (Å²) < 4.78 is 7.05. The molecule has 3 heterocycles. The number of piperidine rings is 2. The Morgan fingerprint density at radius 1 is 1.33 bits per heavy atom. The van der Waals surface area contributed by atoms with Crippen LogP contribution in [0.5, 0.6) is 0 Å². The minimum absolute atomic E-state index is 0.0798. The predicted octanol–water partition coefficient (Wildman–Crippen LogP) is 2.09. The van der Waals surface area contributed by atoms with Gasteiger partial charge in [-0.3, -0.25) is 14.3 Å². The molecule has 0 N–H and O–H groups in total. The molecule has 3 rings (SSSR count). The van der Waals surface area contributed by atoms with E-state index in [-0.39, 0.29) is 17.9 Å². The van der Waals surface area contributed by atoms with Crippen LogP contribution in [0.25, 0.3) is 0 Å². The molecule has 0 spiro atoms. The largest absolute Gasteiger partial charge is 0.385 e. The van der Waals surface area contributed by atoms with Crippen molar-refractivity contribution >= 4 is 11.8 Å². The number of methoxy groups -OCH3 is 1. The summed E-state index contributed by atoms with van der Waals surface area (Å²) in [5.41, 5.74) is 1.66. The molecule has 1 aromatic rings. The molecule has 2 amide bonds. The van der Waals surface area contributed by atoms with E-state index in [1.165, 1.54) is 0 Å². The normalized spacial score (nSPS) is 22.9. The van der Waals surface area contributed by atoms with Gasteiger partial charge in [0.15, 0.2) is 0 Å². The molecule has 27 heavy (non-hydrogen) atoms. The highest BCUT2D eigenvalue weighted by Crippen LogP contribution is 2.32. The second-order valence-corrected chi connectivity index (χ2v) is 7.71. The number of fused-ring (bicyclic) bond motifs is 1. The summed E-state index contributed by atoms with van der Waals surface area (Å²) in [4.78, 5) is 29.4. The number of carbonyl (C=O) groups is 2. The molecule has 2 aliphatic heterocycles. The zero-order valence-corrected chi connectivity index (χ0v) is 16.8. The van der Waals surface area contributed by atoms with Crippen LogP contribution in [-0.4, -0.2) is 70.8 Å². The molecule has 0 aliphatic carbocycles. The average molecular weight is 377 g/mol. The van der Waals surface area contributed by atoms with Crippen molar-refractivity contribution in [3.05, 3.63) is 17.5 Å². The van der Waals surface area contributed by atoms with Crippen molar-refractivity contribution in [1.29, 1.82) is 0 Å². The molecule has 2 saturated heterocycles. The van der Waals surface area contributed by atoms with E-state index < -0.39 is 0 Å². The van der Waals surface area contributed by atoms with Crippen molar-refractivity contribution in [2.45, 2.75) is 58.5 Å². The van der Waals surface area contributed by atoms with Gasteiger partial charge in [-0.05, 0) is 38.5 Å². The number of nitrogens with zero attached hydrogens (tertiary/aromatic N) is 4. The number of aryl methyl sites for hydroxylation is 1. The van der Waals surface area contributed by atoms with Gasteiger partial charge in [-0.15, -0.1) is 0 Å². The van der Waals surface area contributed by atoms with Gasteiger partial charge in [0.2, 0.25) is 5.91 Å². The van der Waals surface area contributed by atoms with E-state index in [2.05, 4.69) is 12.0 Å². The number of carbonyl (C=O) groups excluding carboxylic acids is 2. The van der Waals surface area contributed by atoms with Gasteiger partial charge >= 0.3 is 0 Å². The summed E-state index contributed by atoms with van der Waals surface area (Å²) in [6.45, 7) is 7.78. The molecule has 1 aromatic heterocycles. The fourth-order valence-corrected chi connectivity index (χ4v) is 4.47. The smallest absolute Gasteiger partial charge is 0.257 e. The van der Waals surface area contributed by atoms with E-state index in [9.17, 15) is 9.59 Å². The van der Waals surface area contributed by atoms with Crippen molar-refractivity contribution in [3.8, 4) is 0 Å². The Morgan fingerprint density at radius 3 is 2.89 bits per heavy atom. The molecule has 0 radical (unpaired) electrons. The first-order chi connectivity index (χ1) is 13.1. The van der Waals surface area contributed by atoms with Crippen LogP contribution in [0.4, 0.5) is 0 Å². The maximum absolute atomic E-state index is 13.0. The van der Waals surface area contributed by atoms with E-state index in [0.29, 0.717) is 31.1 Å². The first-order valence-corrected chi connectivity index (χ1v) is 10.2. The summed E-state index contributed by atoms with van der Waals surface area (Å²) in [6.07, 6.45) is 5.89. The molecule has 7 nitrogen and oxygen atoms in total. The molecule has 0 bridgehead atoms. The highest BCUT2D eigenvalue weighted by Gasteiger charge is 2.40. The highest BCUT2D eigenvalue weighted by atomic mass is 16.5. The first-order valence-electron chi connectivity index (χ1n) is 10.2. The Morgan fingerprint density at radius 2 is 2.15 bits per heavy atom. The van der Waals surface area contributed by atoms with Crippen LogP contribution in [0.3, 0.4) is 0 Å². The zero-order valence-electron chi connectivity index (χ0n) is 16.8. The van der Waals surface area contributed by atoms with E-state index in [1.54, 1.807) is 13.3 Å². The van der Waals surface area contributed by atoms with Crippen LogP contribution in [0.1, 0.15) is 55.1 Å². The van der Waals surface area contributed by atoms with Crippen molar-refractivity contribution in [1.82, 2.24) is 19.6 Å². The topological polar surface area (TPSA) is 67.7 Å². The average Bonchev–Trinajstić information content (AvgIpc) is 3.03. The third-order valence-corrected chi connectivity index (χ3v) is 5.95. The maximum atomic E-state index is 13.0. The van der Waals surface area contributed by atoms with Crippen LogP contribution in [0, 0.1) is 12.8 Å². The van der Waals surface area contributed by atoms with Gasteiger partial charge in [0.25, 0.3) is 5.91 Å². The van der Waals surface area contributed by atoms with Gasteiger partial charge in [0, 0.05) is 58.1 Å². The molecule has 0 unspecified atom stereocenters. The molecular weight excluding hydrogens is 344 g/mol. The van der Waals surface area contributed by atoms with Crippen molar-refractivity contribution < 1.29 is 14.3 Å². The summed E-state index contributed by atoms with van der Waals surface area (Å²) in [5, 5.41) is 4.37. The lowest BCUT2D eigenvalue weighted by atomic mass is 9.83. The van der Waals surface area contributed by atoms with E-state index >= 15 is 0 Å². The van der Waals surface area contributed by atoms with Crippen molar-refractivity contribution in [2.75, 3.05) is 33.4 Å². The summed E-state index contributed by atoms with van der Waals surface area (Å²) >= 11 is 0. The number of aromatic nitrogens is 2. The van der Waals surface area contributed by atoms with Crippen LogP contribution < -0.4 is 0 Å². The minimum Gasteiger partial charge on any atom is -0.385 e. The molecule has 7 heteroatoms. The summed E-state index contributed by atoms with van der Waals surface area (Å²) in [7, 11) is 1.69. The molecule has 2 atom stereocenters. The van der Waals surface area contributed by atoms with Crippen LogP contribution in [-0.2, 0) is 16.1 Å². The number of likely N-dealkylation sites (tertiary alicyclic amines) is 2. The van der Waals surface area contributed by atoms with Gasteiger partial charge in [-0.1, -0.05) is 6.92 Å². The highest BCUT2D eigenvalue weighted by molar-refractivity contribution is 5.95. The number of hydrogen-bond acceptors (Lipinski definition) is 4. The third-order valence-electron chi connectivity index (χ3n) is 5.95. The lowest BCUT2D eigenvalue weighted by molar-refractivity contribution is -0.140. The molecule has 2 aliphatic rings. The number of hydrogen-bond donors (Lipinski definition) is 0. The fourth-order valence-electron chi connectivity index (χ4n) is 4.47. The van der Waals surface area contributed by atoms with Gasteiger partial charge < -0.3 is 14.5 Å².